The first-order valence-electron chi connectivity index (χ1n) is 5.60. The van der Waals surface area contributed by atoms with E-state index >= 15 is 0 Å². The molecule has 0 atom stereocenters. The summed E-state index contributed by atoms with van der Waals surface area (Å²) >= 11 is 0. The lowest BCUT2D eigenvalue weighted by Gasteiger charge is -2.13. The number of amides is 1. The number of hydrogen-bond donors (Lipinski definition) is 1. The number of ether oxygens (including phenoxy) is 3. The quantitative estimate of drug-likeness (QED) is 0.814. The highest BCUT2D eigenvalue weighted by Crippen LogP contribution is 2.38. The second kappa shape index (κ2) is 6.47. The van der Waals surface area contributed by atoms with Crippen LogP contribution in [-0.2, 0) is 21.2 Å². The van der Waals surface area contributed by atoms with Crippen molar-refractivity contribution in [3.63, 3.8) is 0 Å². The van der Waals surface area contributed by atoms with Gasteiger partial charge in [-0.25, -0.2) is 8.42 Å². The number of sulfonamides is 1. The molecule has 1 aromatic carbocycles. The third-order valence-electron chi connectivity index (χ3n) is 2.39. The highest BCUT2D eigenvalue weighted by Gasteiger charge is 2.16. The van der Waals surface area contributed by atoms with Crippen molar-refractivity contribution in [3.8, 4) is 17.2 Å². The predicted octanol–water partition coefficient (Wildman–Crippen LogP) is 0.331. The van der Waals surface area contributed by atoms with Crippen LogP contribution >= 0.6 is 0 Å². The highest BCUT2D eigenvalue weighted by atomic mass is 32.2. The van der Waals surface area contributed by atoms with Gasteiger partial charge in [0, 0.05) is 0 Å². The molecule has 20 heavy (non-hydrogen) atoms. The number of carbonyl (C=O) groups is 1. The summed E-state index contributed by atoms with van der Waals surface area (Å²) in [6.07, 6.45) is 0.796. The summed E-state index contributed by atoms with van der Waals surface area (Å²) in [6.45, 7) is 0. The van der Waals surface area contributed by atoms with E-state index in [1.807, 2.05) is 4.72 Å². The average Bonchev–Trinajstić information content (AvgIpc) is 2.35. The molecule has 1 amide bonds. The van der Waals surface area contributed by atoms with Crippen LogP contribution in [0.2, 0.25) is 0 Å². The van der Waals surface area contributed by atoms with Crippen molar-refractivity contribution in [1.29, 1.82) is 0 Å². The number of hydrogen-bond acceptors (Lipinski definition) is 6. The molecule has 0 bridgehead atoms. The van der Waals surface area contributed by atoms with Crippen LogP contribution in [-0.4, -0.2) is 41.9 Å². The zero-order valence-corrected chi connectivity index (χ0v) is 12.5. The maximum absolute atomic E-state index is 11.6. The van der Waals surface area contributed by atoms with Crippen molar-refractivity contribution in [2.24, 2.45) is 0 Å². The smallest absolute Gasteiger partial charge is 0.237 e. The Balaban J connectivity index is 3.05. The number of rotatable bonds is 6. The third kappa shape index (κ3) is 4.30. The van der Waals surface area contributed by atoms with Gasteiger partial charge in [0.05, 0.1) is 34.0 Å². The molecule has 0 radical (unpaired) electrons. The van der Waals surface area contributed by atoms with Gasteiger partial charge >= 0.3 is 0 Å². The molecule has 0 aliphatic carbocycles. The summed E-state index contributed by atoms with van der Waals surface area (Å²) in [5, 5.41) is 0. The molecule has 0 spiro atoms. The van der Waals surface area contributed by atoms with Gasteiger partial charge in [0.2, 0.25) is 21.7 Å². The van der Waals surface area contributed by atoms with Crippen molar-refractivity contribution < 1.29 is 27.4 Å². The van der Waals surface area contributed by atoms with Gasteiger partial charge in [-0.15, -0.1) is 0 Å². The normalized spacial score (nSPS) is 10.8. The van der Waals surface area contributed by atoms with Gasteiger partial charge in [-0.3, -0.25) is 9.52 Å². The van der Waals surface area contributed by atoms with E-state index in [1.165, 1.54) is 21.3 Å². The minimum absolute atomic E-state index is 0.121. The van der Waals surface area contributed by atoms with E-state index in [-0.39, 0.29) is 6.42 Å². The van der Waals surface area contributed by atoms with Crippen molar-refractivity contribution in [1.82, 2.24) is 4.72 Å². The van der Waals surface area contributed by atoms with Crippen LogP contribution in [0.1, 0.15) is 5.56 Å². The number of nitrogens with one attached hydrogen (secondary N) is 1. The average molecular weight is 303 g/mol. The lowest BCUT2D eigenvalue weighted by atomic mass is 10.1. The Morgan fingerprint density at radius 3 is 1.95 bits per heavy atom. The molecule has 112 valence electrons. The molecular formula is C12H17NO6S. The number of benzene rings is 1. The zero-order chi connectivity index (χ0) is 15.3. The predicted molar refractivity (Wildman–Crippen MR) is 72.8 cm³/mol. The Morgan fingerprint density at radius 1 is 1.10 bits per heavy atom. The molecule has 1 N–H and O–H groups in total. The summed E-state index contributed by atoms with van der Waals surface area (Å²) in [4.78, 5) is 11.6. The molecule has 0 aliphatic heterocycles. The topological polar surface area (TPSA) is 90.9 Å². The maximum atomic E-state index is 11.6. The van der Waals surface area contributed by atoms with Crippen LogP contribution in [0.3, 0.4) is 0 Å². The first kappa shape index (κ1) is 16.1. The fourth-order valence-electron chi connectivity index (χ4n) is 1.67. The van der Waals surface area contributed by atoms with E-state index in [4.69, 9.17) is 14.2 Å². The molecule has 0 fully saturated rings. The maximum Gasteiger partial charge on any atom is 0.237 e. The molecule has 0 heterocycles. The Morgan fingerprint density at radius 2 is 1.60 bits per heavy atom. The van der Waals surface area contributed by atoms with E-state index in [0.717, 1.165) is 6.26 Å². The van der Waals surface area contributed by atoms with E-state index < -0.39 is 15.9 Å². The number of carbonyl (C=O) groups excluding carboxylic acids is 1. The van der Waals surface area contributed by atoms with E-state index in [1.54, 1.807) is 12.1 Å². The Kier molecular flexibility index (Phi) is 5.20. The first-order valence-corrected chi connectivity index (χ1v) is 7.49. The van der Waals surface area contributed by atoms with Crippen molar-refractivity contribution in [2.45, 2.75) is 6.42 Å². The van der Waals surface area contributed by atoms with Crippen LogP contribution in [0, 0.1) is 0 Å². The lowest BCUT2D eigenvalue weighted by Crippen LogP contribution is -2.30. The fraction of sp³-hybridized carbons (Fsp3) is 0.417. The van der Waals surface area contributed by atoms with Crippen LogP contribution in [0.5, 0.6) is 17.2 Å². The molecule has 0 saturated heterocycles. The summed E-state index contributed by atoms with van der Waals surface area (Å²) in [5.41, 5.74) is 0.542. The summed E-state index contributed by atoms with van der Waals surface area (Å²) in [7, 11) is 0.806. The van der Waals surface area contributed by atoms with Crippen molar-refractivity contribution in [3.05, 3.63) is 17.7 Å². The summed E-state index contributed by atoms with van der Waals surface area (Å²) < 4.78 is 39.3. The van der Waals surface area contributed by atoms with Gasteiger partial charge in [0.1, 0.15) is 0 Å². The largest absolute Gasteiger partial charge is 0.493 e. The zero-order valence-electron chi connectivity index (χ0n) is 11.7. The molecule has 0 unspecified atom stereocenters. The van der Waals surface area contributed by atoms with Crippen LogP contribution in [0.25, 0.3) is 0 Å². The van der Waals surface area contributed by atoms with Crippen LogP contribution < -0.4 is 18.9 Å². The first-order chi connectivity index (χ1) is 9.30. The standard InChI is InChI=1S/C12H17NO6S/c1-17-9-5-8(6-10(18-2)12(9)19-3)7-11(14)13-20(4,15)16/h5-6H,7H2,1-4H3,(H,13,14). The lowest BCUT2D eigenvalue weighted by molar-refractivity contribution is -0.118. The van der Waals surface area contributed by atoms with Gasteiger partial charge < -0.3 is 14.2 Å². The second-order valence-corrected chi connectivity index (χ2v) is 5.76. The molecule has 1 rings (SSSR count). The molecule has 7 nitrogen and oxygen atoms in total. The Labute approximate surface area is 117 Å². The fourth-order valence-corrected chi connectivity index (χ4v) is 2.15. The van der Waals surface area contributed by atoms with Crippen molar-refractivity contribution in [2.75, 3.05) is 27.6 Å². The monoisotopic (exact) mass is 303 g/mol. The molecule has 1 aromatic rings. The number of methoxy groups -OCH3 is 3. The van der Waals surface area contributed by atoms with Crippen LogP contribution in [0.15, 0.2) is 12.1 Å². The second-order valence-electron chi connectivity index (χ2n) is 4.01. The van der Waals surface area contributed by atoms with Gasteiger partial charge in [-0.2, -0.15) is 0 Å². The molecule has 0 aromatic heterocycles. The highest BCUT2D eigenvalue weighted by molar-refractivity contribution is 7.89. The molecule has 8 heteroatoms. The van der Waals surface area contributed by atoms with Gasteiger partial charge in [0.25, 0.3) is 0 Å². The van der Waals surface area contributed by atoms with E-state index in [2.05, 4.69) is 0 Å². The third-order valence-corrected chi connectivity index (χ3v) is 2.99. The summed E-state index contributed by atoms with van der Waals surface area (Å²) in [5.74, 6) is 0.562. The van der Waals surface area contributed by atoms with E-state index in [9.17, 15) is 13.2 Å². The minimum Gasteiger partial charge on any atom is -0.493 e. The van der Waals surface area contributed by atoms with E-state index in [0.29, 0.717) is 22.8 Å². The van der Waals surface area contributed by atoms with Crippen LogP contribution in [0.4, 0.5) is 0 Å². The van der Waals surface area contributed by atoms with Gasteiger partial charge in [-0.1, -0.05) is 0 Å². The Bertz CT molecular complexity index is 571. The van der Waals surface area contributed by atoms with Crippen molar-refractivity contribution >= 4 is 15.9 Å². The molecule has 0 aliphatic rings. The Hall–Kier alpha value is -1.96. The van der Waals surface area contributed by atoms with Gasteiger partial charge in [-0.05, 0) is 17.7 Å². The van der Waals surface area contributed by atoms with Gasteiger partial charge in [0.15, 0.2) is 11.5 Å². The minimum atomic E-state index is -3.57. The molecule has 0 saturated carbocycles. The molecular weight excluding hydrogens is 286 g/mol. The SMILES string of the molecule is COc1cc(CC(=O)NS(C)(=O)=O)cc(OC)c1OC. The summed E-state index contributed by atoms with van der Waals surface area (Å²) in [6, 6.07) is 3.17.